The summed E-state index contributed by atoms with van der Waals surface area (Å²) in [5.41, 5.74) is 4.52. The van der Waals surface area contributed by atoms with Gasteiger partial charge in [0.15, 0.2) is 0 Å². The summed E-state index contributed by atoms with van der Waals surface area (Å²) in [6, 6.07) is 20.4. The minimum atomic E-state index is -0.462. The van der Waals surface area contributed by atoms with Crippen LogP contribution in [-0.4, -0.2) is 23.6 Å². The zero-order valence-electron chi connectivity index (χ0n) is 20.7. The van der Waals surface area contributed by atoms with Gasteiger partial charge in [-0.25, -0.2) is 9.87 Å². The van der Waals surface area contributed by atoms with Gasteiger partial charge in [0.25, 0.3) is 0 Å². The van der Waals surface area contributed by atoms with Crippen LogP contribution in [0, 0.1) is 25.6 Å². The van der Waals surface area contributed by atoms with Gasteiger partial charge >= 0.3 is 0 Å². The number of para-hydroxylation sites is 1. The molecular weight excluding hydrogens is 459 g/mol. The van der Waals surface area contributed by atoms with Crippen molar-refractivity contribution in [2.75, 3.05) is 6.54 Å². The van der Waals surface area contributed by atoms with E-state index in [1.165, 1.54) is 0 Å². The number of carbonyl (C=O) groups excluding carboxylic acids is 2. The van der Waals surface area contributed by atoms with Gasteiger partial charge in [0, 0.05) is 12.5 Å². The number of halogens is 1. The van der Waals surface area contributed by atoms with Crippen LogP contribution in [0.4, 0.5) is 4.39 Å². The monoisotopic (exact) mass is 492 g/mol. The van der Waals surface area contributed by atoms with E-state index in [0.717, 1.165) is 16.9 Å². The van der Waals surface area contributed by atoms with Gasteiger partial charge in [0.05, 0.1) is 6.42 Å². The molecule has 0 bridgehead atoms. The number of hydrogen-bond donors (Lipinski definition) is 3. The second kappa shape index (κ2) is 13.4. The first-order valence-corrected chi connectivity index (χ1v) is 12.1. The van der Waals surface area contributed by atoms with Crippen LogP contribution in [-0.2, 0) is 22.4 Å². The summed E-state index contributed by atoms with van der Waals surface area (Å²) >= 11 is 0. The number of carbonyl (C=O) groups is 2. The van der Waals surface area contributed by atoms with Crippen LogP contribution in [0.3, 0.4) is 0 Å². The third-order valence-electron chi connectivity index (χ3n) is 6.00. The fourth-order valence-electron chi connectivity index (χ4n) is 4.19. The molecule has 190 valence electrons. The molecule has 2 amide bonds. The Hall–Kier alpha value is -3.71. The molecule has 0 aromatic heterocycles. The van der Waals surface area contributed by atoms with E-state index in [9.17, 15) is 14.0 Å². The van der Waals surface area contributed by atoms with Crippen LogP contribution in [0.1, 0.15) is 41.5 Å². The van der Waals surface area contributed by atoms with Crippen LogP contribution in [0.25, 0.3) is 0 Å². The van der Waals surface area contributed by atoms with Crippen molar-refractivity contribution in [1.29, 1.82) is 0 Å². The number of unbranched alkanes of at least 4 members (excludes halogenated alkanes) is 1. The Morgan fingerprint density at radius 2 is 1.61 bits per heavy atom. The van der Waals surface area contributed by atoms with Gasteiger partial charge in [0.1, 0.15) is 17.3 Å². The van der Waals surface area contributed by atoms with Crippen LogP contribution in [0.5, 0.6) is 11.5 Å². The minimum absolute atomic E-state index is 0.0891. The zero-order valence-corrected chi connectivity index (χ0v) is 20.7. The predicted octanol–water partition coefficient (Wildman–Crippen LogP) is 5.43. The maximum atomic E-state index is 13.9. The number of ether oxygens (including phenoxy) is 1. The number of benzene rings is 3. The second-order valence-electron chi connectivity index (χ2n) is 9.01. The molecule has 1 atom stereocenters. The quantitative estimate of drug-likeness (QED) is 0.179. The summed E-state index contributed by atoms with van der Waals surface area (Å²) in [6.07, 6.45) is 2.57. The molecule has 0 saturated heterocycles. The highest BCUT2D eigenvalue weighted by atomic mass is 19.1. The average Bonchev–Trinajstić information content (AvgIpc) is 2.86. The van der Waals surface area contributed by atoms with Crippen molar-refractivity contribution in [2.24, 2.45) is 5.92 Å². The van der Waals surface area contributed by atoms with E-state index in [1.54, 1.807) is 31.5 Å². The molecule has 0 saturated carbocycles. The van der Waals surface area contributed by atoms with Crippen LogP contribution in [0.15, 0.2) is 66.7 Å². The van der Waals surface area contributed by atoms with Crippen molar-refractivity contribution in [3.8, 4) is 11.5 Å². The highest BCUT2D eigenvalue weighted by Gasteiger charge is 2.19. The van der Waals surface area contributed by atoms with Gasteiger partial charge in [-0.15, -0.1) is 0 Å². The van der Waals surface area contributed by atoms with E-state index < -0.39 is 11.8 Å². The largest absolute Gasteiger partial charge is 0.457 e. The SMILES string of the molecule is Cc1cc(C[C@H](CCCCNC(=O)Cc2cccc(Oc3ccccc3)c2)C(=O)NO)cc(C)c1F. The summed E-state index contributed by atoms with van der Waals surface area (Å²) in [7, 11) is 0. The Morgan fingerprint density at radius 1 is 0.917 bits per heavy atom. The molecule has 0 heterocycles. The lowest BCUT2D eigenvalue weighted by molar-refractivity contribution is -0.133. The van der Waals surface area contributed by atoms with E-state index >= 15 is 0 Å². The number of nitrogens with one attached hydrogen (secondary N) is 2. The van der Waals surface area contributed by atoms with E-state index in [2.05, 4.69) is 5.32 Å². The van der Waals surface area contributed by atoms with E-state index in [-0.39, 0.29) is 18.1 Å². The molecule has 7 heteroatoms. The lowest BCUT2D eigenvalue weighted by atomic mass is 9.91. The van der Waals surface area contributed by atoms with Crippen molar-refractivity contribution in [2.45, 2.75) is 46.0 Å². The average molecular weight is 493 g/mol. The Kier molecular flexibility index (Phi) is 10.0. The van der Waals surface area contributed by atoms with Gasteiger partial charge in [-0.3, -0.25) is 14.8 Å². The first-order valence-electron chi connectivity index (χ1n) is 12.1. The molecule has 6 nitrogen and oxygen atoms in total. The van der Waals surface area contributed by atoms with Crippen molar-refractivity contribution >= 4 is 11.8 Å². The summed E-state index contributed by atoms with van der Waals surface area (Å²) in [5.74, 6) is 0.170. The van der Waals surface area contributed by atoms with Crippen molar-refractivity contribution in [3.63, 3.8) is 0 Å². The summed E-state index contributed by atoms with van der Waals surface area (Å²) in [6.45, 7) is 3.88. The minimum Gasteiger partial charge on any atom is -0.457 e. The van der Waals surface area contributed by atoms with Gasteiger partial charge in [0.2, 0.25) is 11.8 Å². The molecular formula is C29H33FN2O4. The number of hydrogen-bond acceptors (Lipinski definition) is 4. The molecule has 0 aliphatic heterocycles. The summed E-state index contributed by atoms with van der Waals surface area (Å²) in [4.78, 5) is 24.5. The van der Waals surface area contributed by atoms with Gasteiger partial charge in [-0.05, 0) is 79.6 Å². The zero-order chi connectivity index (χ0) is 25.9. The number of hydroxylamine groups is 1. The van der Waals surface area contributed by atoms with Crippen LogP contribution < -0.4 is 15.5 Å². The molecule has 3 aromatic rings. The molecule has 3 N–H and O–H groups in total. The topological polar surface area (TPSA) is 87.7 Å². The normalized spacial score (nSPS) is 11.6. The highest BCUT2D eigenvalue weighted by molar-refractivity contribution is 5.78. The maximum absolute atomic E-state index is 13.9. The maximum Gasteiger partial charge on any atom is 0.246 e. The van der Waals surface area contributed by atoms with Crippen LogP contribution in [0.2, 0.25) is 0 Å². The lowest BCUT2D eigenvalue weighted by Crippen LogP contribution is -2.30. The molecule has 0 aliphatic carbocycles. The third kappa shape index (κ3) is 8.20. The third-order valence-corrected chi connectivity index (χ3v) is 6.00. The predicted molar refractivity (Wildman–Crippen MR) is 137 cm³/mol. The number of aryl methyl sites for hydroxylation is 2. The molecule has 0 aliphatic rings. The Labute approximate surface area is 211 Å². The molecule has 0 unspecified atom stereocenters. The number of amides is 2. The molecule has 0 radical (unpaired) electrons. The standard InChI is InChI=1S/C29H33FN2O4/c1-20-15-23(16-21(2)28(20)30)17-24(29(34)32-35)10-6-7-14-31-27(33)19-22-9-8-13-26(18-22)36-25-11-4-3-5-12-25/h3-5,8-9,11-13,15-16,18,24,35H,6-7,10,14,17,19H2,1-2H3,(H,31,33)(H,32,34)/t24-/m0/s1. The van der Waals surface area contributed by atoms with Gasteiger partial charge in [-0.1, -0.05) is 48.9 Å². The molecule has 36 heavy (non-hydrogen) atoms. The fraction of sp³-hybridized carbons (Fsp3) is 0.310. The van der Waals surface area contributed by atoms with Crippen LogP contribution >= 0.6 is 0 Å². The molecule has 0 spiro atoms. The Bertz CT molecular complexity index is 1140. The highest BCUT2D eigenvalue weighted by Crippen LogP contribution is 2.22. The first-order chi connectivity index (χ1) is 17.4. The van der Waals surface area contributed by atoms with E-state index in [1.807, 2.05) is 54.6 Å². The fourth-order valence-corrected chi connectivity index (χ4v) is 4.19. The lowest BCUT2D eigenvalue weighted by Gasteiger charge is -2.16. The van der Waals surface area contributed by atoms with Crippen molar-refractivity contribution in [1.82, 2.24) is 10.8 Å². The van der Waals surface area contributed by atoms with E-state index in [0.29, 0.717) is 49.1 Å². The number of rotatable bonds is 12. The second-order valence-corrected chi connectivity index (χ2v) is 9.01. The van der Waals surface area contributed by atoms with E-state index in [4.69, 9.17) is 9.94 Å². The molecule has 3 rings (SSSR count). The first kappa shape index (κ1) is 26.9. The Balaban J connectivity index is 1.43. The smallest absolute Gasteiger partial charge is 0.246 e. The summed E-state index contributed by atoms with van der Waals surface area (Å²) in [5, 5.41) is 12.0. The van der Waals surface area contributed by atoms with Crippen molar-refractivity contribution in [3.05, 3.63) is 94.8 Å². The van der Waals surface area contributed by atoms with Gasteiger partial charge in [-0.2, -0.15) is 0 Å². The molecule has 0 fully saturated rings. The summed E-state index contributed by atoms with van der Waals surface area (Å²) < 4.78 is 19.7. The Morgan fingerprint density at radius 3 is 2.31 bits per heavy atom. The van der Waals surface area contributed by atoms with Crippen molar-refractivity contribution < 1.29 is 23.9 Å². The van der Waals surface area contributed by atoms with Gasteiger partial charge < -0.3 is 10.1 Å². The molecule has 3 aromatic carbocycles.